The zero-order valence-corrected chi connectivity index (χ0v) is 20.0. The van der Waals surface area contributed by atoms with Gasteiger partial charge >= 0.3 is 5.97 Å². The molecule has 1 N–H and O–H groups in total. The van der Waals surface area contributed by atoms with Gasteiger partial charge in [-0.1, -0.05) is 86.8 Å². The van der Waals surface area contributed by atoms with E-state index in [4.69, 9.17) is 14.2 Å². The molecule has 28 heavy (non-hydrogen) atoms. The molecule has 0 saturated heterocycles. The average Bonchev–Trinajstić information content (AvgIpc) is 2.70. The first-order chi connectivity index (χ1) is 13.7. The zero-order valence-electron chi connectivity index (χ0n) is 18.3. The lowest BCUT2D eigenvalue weighted by Gasteiger charge is -2.19. The van der Waals surface area contributed by atoms with E-state index in [1.54, 1.807) is 21.6 Å². The Labute approximate surface area is 181 Å². The first kappa shape index (κ1) is 28.1. The summed E-state index contributed by atoms with van der Waals surface area (Å²) in [6, 6.07) is 0. The normalized spacial score (nSPS) is 11.3. The van der Waals surface area contributed by atoms with Crippen LogP contribution in [-0.4, -0.2) is 50.8 Å². The predicted octanol–water partition coefficient (Wildman–Crippen LogP) is 5.78. The van der Waals surface area contributed by atoms with Crippen LogP contribution in [-0.2, 0) is 19.0 Å². The molecule has 0 aromatic carbocycles. The summed E-state index contributed by atoms with van der Waals surface area (Å²) in [5.74, 6) is 1.45. The van der Waals surface area contributed by atoms with Gasteiger partial charge in [-0.2, -0.15) is 0 Å². The number of esters is 1. The van der Waals surface area contributed by atoms with Crippen molar-refractivity contribution in [1.29, 1.82) is 0 Å². The molecule has 0 heterocycles. The van der Waals surface area contributed by atoms with Crippen LogP contribution in [0.2, 0.25) is 0 Å². The Morgan fingerprint density at radius 2 is 1.43 bits per heavy atom. The van der Waals surface area contributed by atoms with Crippen LogP contribution in [0.3, 0.4) is 0 Å². The fraction of sp³-hybridized carbons (Fsp3) is 0.952. The van der Waals surface area contributed by atoms with Gasteiger partial charge in [-0.15, -0.1) is 0 Å². The number of unbranched alkanes of at least 4 members (excludes halogenated alkanes) is 8. The number of nitrogens with one attached hydrogen (secondary N) is 1. The number of hydrogen-bond donors (Lipinski definition) is 1. The van der Waals surface area contributed by atoms with E-state index >= 15 is 0 Å². The van der Waals surface area contributed by atoms with Crippen molar-refractivity contribution < 1.29 is 19.0 Å². The molecule has 7 heteroatoms. The SMILES string of the molecule is CCCCCCCOC(COC(=O)CCSSCNC)OCCCCCCC. The van der Waals surface area contributed by atoms with Gasteiger partial charge in [0.05, 0.1) is 12.3 Å². The van der Waals surface area contributed by atoms with Crippen molar-refractivity contribution in [2.24, 2.45) is 0 Å². The molecule has 0 aliphatic carbocycles. The average molecular weight is 438 g/mol. The van der Waals surface area contributed by atoms with Crippen LogP contribution < -0.4 is 5.32 Å². The van der Waals surface area contributed by atoms with Crippen molar-refractivity contribution in [3.63, 3.8) is 0 Å². The quantitative estimate of drug-likeness (QED) is 0.0997. The van der Waals surface area contributed by atoms with E-state index in [-0.39, 0.29) is 12.6 Å². The molecule has 0 unspecified atom stereocenters. The highest BCUT2D eigenvalue weighted by Crippen LogP contribution is 2.20. The smallest absolute Gasteiger partial charge is 0.306 e. The number of carbonyl (C=O) groups is 1. The maximum Gasteiger partial charge on any atom is 0.306 e. The van der Waals surface area contributed by atoms with Crippen LogP contribution in [0.4, 0.5) is 0 Å². The molecule has 0 aliphatic heterocycles. The molecule has 0 aromatic rings. The van der Waals surface area contributed by atoms with Crippen LogP contribution >= 0.6 is 21.6 Å². The lowest BCUT2D eigenvalue weighted by molar-refractivity contribution is -0.183. The van der Waals surface area contributed by atoms with Crippen LogP contribution in [0, 0.1) is 0 Å². The summed E-state index contributed by atoms with van der Waals surface area (Å²) in [5.41, 5.74) is 0. The summed E-state index contributed by atoms with van der Waals surface area (Å²) < 4.78 is 17.1. The largest absolute Gasteiger partial charge is 0.460 e. The van der Waals surface area contributed by atoms with Crippen LogP contribution in [0.5, 0.6) is 0 Å². The summed E-state index contributed by atoms with van der Waals surface area (Å²) in [6.45, 7) is 5.95. The highest BCUT2D eigenvalue weighted by Gasteiger charge is 2.13. The van der Waals surface area contributed by atoms with Gasteiger partial charge in [0.25, 0.3) is 0 Å². The zero-order chi connectivity index (χ0) is 20.7. The van der Waals surface area contributed by atoms with Crippen molar-refractivity contribution in [2.75, 3.05) is 38.5 Å². The third-order valence-electron chi connectivity index (χ3n) is 4.16. The van der Waals surface area contributed by atoms with E-state index in [1.807, 2.05) is 7.05 Å². The van der Waals surface area contributed by atoms with E-state index in [0.717, 1.165) is 24.5 Å². The minimum atomic E-state index is -0.437. The fourth-order valence-corrected chi connectivity index (χ4v) is 4.28. The fourth-order valence-electron chi connectivity index (χ4n) is 2.50. The Morgan fingerprint density at radius 3 is 1.96 bits per heavy atom. The predicted molar refractivity (Wildman–Crippen MR) is 123 cm³/mol. The summed E-state index contributed by atoms with van der Waals surface area (Å²) in [5, 5.41) is 3.06. The van der Waals surface area contributed by atoms with Crippen LogP contribution in [0.1, 0.15) is 84.5 Å². The van der Waals surface area contributed by atoms with Crippen molar-refractivity contribution in [1.82, 2.24) is 5.32 Å². The Balaban J connectivity index is 3.97. The first-order valence-electron chi connectivity index (χ1n) is 11.0. The van der Waals surface area contributed by atoms with Gasteiger partial charge in [-0.3, -0.25) is 4.79 Å². The Kier molecular flexibility index (Phi) is 23.4. The molecular formula is C21H43NO4S2. The van der Waals surface area contributed by atoms with Crippen LogP contribution in [0.25, 0.3) is 0 Å². The van der Waals surface area contributed by atoms with E-state index in [9.17, 15) is 4.79 Å². The van der Waals surface area contributed by atoms with Gasteiger partial charge in [0.1, 0.15) is 6.61 Å². The maximum atomic E-state index is 11.9. The van der Waals surface area contributed by atoms with Crippen LogP contribution in [0.15, 0.2) is 0 Å². The molecular weight excluding hydrogens is 394 g/mol. The van der Waals surface area contributed by atoms with E-state index in [1.165, 1.54) is 51.4 Å². The summed E-state index contributed by atoms with van der Waals surface area (Å²) in [7, 11) is 5.30. The van der Waals surface area contributed by atoms with Gasteiger partial charge in [-0.25, -0.2) is 0 Å². The van der Waals surface area contributed by atoms with E-state index < -0.39 is 6.29 Å². The van der Waals surface area contributed by atoms with E-state index in [2.05, 4.69) is 19.2 Å². The minimum absolute atomic E-state index is 0.180. The van der Waals surface area contributed by atoms with Gasteiger partial charge in [0.15, 0.2) is 6.29 Å². The molecule has 0 fully saturated rings. The summed E-state index contributed by atoms with van der Waals surface area (Å²) in [4.78, 5) is 11.9. The molecule has 0 atom stereocenters. The second-order valence-electron chi connectivity index (χ2n) is 6.87. The Morgan fingerprint density at radius 1 is 0.857 bits per heavy atom. The highest BCUT2D eigenvalue weighted by molar-refractivity contribution is 8.76. The second kappa shape index (κ2) is 23.3. The van der Waals surface area contributed by atoms with Gasteiger partial charge < -0.3 is 19.5 Å². The molecule has 0 aliphatic rings. The molecule has 0 radical (unpaired) electrons. The van der Waals surface area contributed by atoms with Crippen molar-refractivity contribution in [3.05, 3.63) is 0 Å². The lowest BCUT2D eigenvalue weighted by Crippen LogP contribution is -2.26. The third kappa shape index (κ3) is 20.8. The number of carbonyl (C=O) groups excluding carboxylic acids is 1. The molecule has 0 spiro atoms. The van der Waals surface area contributed by atoms with Crippen molar-refractivity contribution in [2.45, 2.75) is 90.8 Å². The lowest BCUT2D eigenvalue weighted by atomic mass is 10.2. The monoisotopic (exact) mass is 437 g/mol. The van der Waals surface area contributed by atoms with Crippen molar-refractivity contribution in [3.8, 4) is 0 Å². The molecule has 0 saturated carbocycles. The molecule has 0 aromatic heterocycles. The third-order valence-corrected chi connectivity index (χ3v) is 6.46. The standard InChI is InChI=1S/C21H43NO4S2/c1-4-6-8-10-12-15-24-21(25-16-13-11-9-7-5-2)18-26-20(23)14-17-27-28-19-22-3/h21-22H,4-19H2,1-3H3. The van der Waals surface area contributed by atoms with Crippen molar-refractivity contribution >= 4 is 27.6 Å². The topological polar surface area (TPSA) is 56.8 Å². The molecule has 0 amide bonds. The van der Waals surface area contributed by atoms with Gasteiger partial charge in [0.2, 0.25) is 0 Å². The van der Waals surface area contributed by atoms with Gasteiger partial charge in [0, 0.05) is 19.0 Å². The van der Waals surface area contributed by atoms with Gasteiger partial charge in [-0.05, 0) is 19.9 Å². The Hall–Kier alpha value is 0.0500. The summed E-state index contributed by atoms with van der Waals surface area (Å²) in [6.07, 6.45) is 11.9. The molecule has 168 valence electrons. The highest BCUT2D eigenvalue weighted by atomic mass is 33.1. The number of hydrogen-bond acceptors (Lipinski definition) is 7. The summed E-state index contributed by atoms with van der Waals surface area (Å²) >= 11 is 0. The molecule has 0 rings (SSSR count). The van der Waals surface area contributed by atoms with E-state index in [0.29, 0.717) is 19.6 Å². The number of rotatable bonds is 22. The maximum absolute atomic E-state index is 11.9. The minimum Gasteiger partial charge on any atom is -0.460 e. The molecule has 0 bridgehead atoms. The second-order valence-corrected chi connectivity index (χ2v) is 9.45. The molecule has 5 nitrogen and oxygen atoms in total. The first-order valence-corrected chi connectivity index (χ1v) is 13.5. The Bertz CT molecular complexity index is 320. The number of ether oxygens (including phenoxy) is 3.